The average Bonchev–Trinajstić information content (AvgIpc) is 2.67. The lowest BCUT2D eigenvalue weighted by Crippen LogP contribution is -2.57. The van der Waals surface area contributed by atoms with Crippen molar-refractivity contribution in [2.45, 2.75) is 44.8 Å². The summed E-state index contributed by atoms with van der Waals surface area (Å²) in [5.74, 6) is -1.31. The highest BCUT2D eigenvalue weighted by atomic mass is 16.6. The second-order valence-corrected chi connectivity index (χ2v) is 5.98. The fraction of sp³-hybridized carbons (Fsp3) is 0.467. The van der Waals surface area contributed by atoms with Crippen molar-refractivity contribution in [2.75, 3.05) is 0 Å². The van der Waals surface area contributed by atoms with Gasteiger partial charge in [0.05, 0.1) is 5.97 Å². The van der Waals surface area contributed by atoms with Crippen molar-refractivity contribution in [1.29, 1.82) is 0 Å². The predicted molar refractivity (Wildman–Crippen MR) is 70.8 cm³/mol. The second kappa shape index (κ2) is 4.81. The average molecular weight is 276 g/mol. The number of aryl methyl sites for hydroxylation is 1. The highest BCUT2D eigenvalue weighted by molar-refractivity contribution is 5.86. The number of amides is 1. The number of carboxylic acid groups (broad SMARTS) is 1. The largest absolute Gasteiger partial charge is 0.547 e. The molecule has 5 nitrogen and oxygen atoms in total. The van der Waals surface area contributed by atoms with Crippen LogP contribution in [0.25, 0.3) is 0 Å². The predicted octanol–water partition coefficient (Wildman–Crippen LogP) is 1.10. The first-order valence-electron chi connectivity index (χ1n) is 6.56. The van der Waals surface area contributed by atoms with E-state index in [0.717, 1.165) is 5.56 Å². The lowest BCUT2D eigenvalue weighted by molar-refractivity contribution is -0.315. The van der Waals surface area contributed by atoms with Gasteiger partial charge < -0.3 is 20.0 Å². The Hall–Kier alpha value is -2.04. The topological polar surface area (TPSA) is 78.5 Å². The third-order valence-corrected chi connectivity index (χ3v) is 3.31. The molecule has 2 rings (SSSR count). The molecule has 0 radical (unpaired) electrons. The molecule has 0 heterocycles. The number of aliphatic carboxylic acids is 1. The summed E-state index contributed by atoms with van der Waals surface area (Å²) in [5.41, 5.74) is -0.701. The van der Waals surface area contributed by atoms with Gasteiger partial charge in [-0.3, -0.25) is 0 Å². The summed E-state index contributed by atoms with van der Waals surface area (Å²) in [5, 5.41) is 14.1. The number of hydrogen-bond acceptors (Lipinski definition) is 4. The van der Waals surface area contributed by atoms with Crippen molar-refractivity contribution >= 4 is 12.1 Å². The van der Waals surface area contributed by atoms with Crippen LogP contribution in [-0.4, -0.2) is 17.7 Å². The van der Waals surface area contributed by atoms with Crippen LogP contribution in [0.4, 0.5) is 4.79 Å². The van der Waals surface area contributed by atoms with Crippen molar-refractivity contribution in [3.05, 3.63) is 35.4 Å². The molecule has 1 unspecified atom stereocenters. The van der Waals surface area contributed by atoms with Crippen LogP contribution in [0.15, 0.2) is 24.3 Å². The standard InChI is InChI=1S/C15H19NO4/c1-14(2,3)20-13(19)16-15(12(17)18)9-8-10-6-4-5-7-11(10)15/h4-7H,8-9H2,1-3H3,(H,16,19)(H,17,18)/p-1. The normalized spacial score (nSPS) is 21.1. The molecular weight excluding hydrogens is 258 g/mol. The molecule has 1 N–H and O–H groups in total. The Morgan fingerprint density at radius 1 is 1.30 bits per heavy atom. The van der Waals surface area contributed by atoms with Gasteiger partial charge in [-0.25, -0.2) is 4.79 Å². The minimum atomic E-state index is -1.50. The van der Waals surface area contributed by atoms with Crippen LogP contribution in [0.2, 0.25) is 0 Å². The van der Waals surface area contributed by atoms with Gasteiger partial charge in [-0.15, -0.1) is 0 Å². The molecule has 1 atom stereocenters. The highest BCUT2D eigenvalue weighted by Crippen LogP contribution is 2.36. The molecule has 0 saturated carbocycles. The molecule has 5 heteroatoms. The summed E-state index contributed by atoms with van der Waals surface area (Å²) in [6.45, 7) is 5.17. The molecule has 1 aliphatic carbocycles. The van der Waals surface area contributed by atoms with Crippen molar-refractivity contribution < 1.29 is 19.4 Å². The van der Waals surface area contributed by atoms with Gasteiger partial charge in [0.2, 0.25) is 0 Å². The fourth-order valence-electron chi connectivity index (χ4n) is 2.48. The summed E-state index contributed by atoms with van der Waals surface area (Å²) >= 11 is 0. The van der Waals surface area contributed by atoms with Gasteiger partial charge in [0.25, 0.3) is 0 Å². The van der Waals surface area contributed by atoms with Crippen molar-refractivity contribution in [1.82, 2.24) is 5.32 Å². The van der Waals surface area contributed by atoms with E-state index in [1.807, 2.05) is 12.1 Å². The van der Waals surface area contributed by atoms with E-state index < -0.39 is 23.2 Å². The summed E-state index contributed by atoms with van der Waals surface area (Å²) in [4.78, 5) is 23.5. The maximum atomic E-state index is 11.9. The zero-order valence-corrected chi connectivity index (χ0v) is 11.9. The first-order valence-corrected chi connectivity index (χ1v) is 6.56. The summed E-state index contributed by atoms with van der Waals surface area (Å²) in [7, 11) is 0. The van der Waals surface area contributed by atoms with E-state index in [4.69, 9.17) is 4.74 Å². The number of hydrogen-bond donors (Lipinski definition) is 1. The van der Waals surface area contributed by atoms with E-state index in [9.17, 15) is 14.7 Å². The zero-order valence-electron chi connectivity index (χ0n) is 11.9. The van der Waals surface area contributed by atoms with Crippen molar-refractivity contribution in [3.63, 3.8) is 0 Å². The molecule has 0 bridgehead atoms. The van der Waals surface area contributed by atoms with E-state index in [0.29, 0.717) is 12.0 Å². The minimum Gasteiger partial charge on any atom is -0.547 e. The maximum absolute atomic E-state index is 11.9. The summed E-state index contributed by atoms with van der Waals surface area (Å²) in [6.07, 6.45) is 0.104. The maximum Gasteiger partial charge on any atom is 0.408 e. The number of carboxylic acids is 1. The van der Waals surface area contributed by atoms with Gasteiger partial charge in [0.15, 0.2) is 0 Å². The molecule has 108 valence electrons. The highest BCUT2D eigenvalue weighted by Gasteiger charge is 2.42. The first-order chi connectivity index (χ1) is 9.24. The van der Waals surface area contributed by atoms with Crippen LogP contribution in [0.5, 0.6) is 0 Å². The van der Waals surface area contributed by atoms with Gasteiger partial charge in [0, 0.05) is 0 Å². The summed E-state index contributed by atoms with van der Waals surface area (Å²) in [6, 6.07) is 7.16. The van der Waals surface area contributed by atoms with Gasteiger partial charge in [-0.05, 0) is 44.7 Å². The monoisotopic (exact) mass is 276 g/mol. The molecule has 0 fully saturated rings. The number of benzene rings is 1. The Balaban J connectivity index is 2.30. The number of rotatable bonds is 2. The molecule has 0 saturated heterocycles. The molecule has 1 aromatic rings. The molecule has 0 spiro atoms. The van der Waals surface area contributed by atoms with Crippen LogP contribution < -0.4 is 10.4 Å². The minimum absolute atomic E-state index is 0.272. The van der Waals surface area contributed by atoms with Crippen LogP contribution in [-0.2, 0) is 21.5 Å². The van der Waals surface area contributed by atoms with Crippen molar-refractivity contribution in [3.8, 4) is 0 Å². The van der Waals surface area contributed by atoms with Crippen LogP contribution in [0.1, 0.15) is 38.3 Å². The van der Waals surface area contributed by atoms with Crippen LogP contribution in [0, 0.1) is 0 Å². The number of nitrogens with one attached hydrogen (secondary N) is 1. The number of carbonyl (C=O) groups excluding carboxylic acids is 2. The molecule has 0 aliphatic heterocycles. The number of ether oxygens (including phenoxy) is 1. The molecular formula is C15H18NO4-. The Morgan fingerprint density at radius 2 is 1.95 bits per heavy atom. The lowest BCUT2D eigenvalue weighted by Gasteiger charge is -2.33. The van der Waals surface area contributed by atoms with Crippen LogP contribution >= 0.6 is 0 Å². The van der Waals surface area contributed by atoms with E-state index in [-0.39, 0.29) is 6.42 Å². The Labute approximate surface area is 117 Å². The van der Waals surface area contributed by atoms with E-state index >= 15 is 0 Å². The smallest absolute Gasteiger partial charge is 0.408 e. The SMILES string of the molecule is CC(C)(C)OC(=O)NC1(C(=O)[O-])CCc2ccccc21. The quantitative estimate of drug-likeness (QED) is 0.877. The third-order valence-electron chi connectivity index (χ3n) is 3.31. The van der Waals surface area contributed by atoms with Gasteiger partial charge in [0.1, 0.15) is 11.1 Å². The summed E-state index contributed by atoms with van der Waals surface area (Å²) < 4.78 is 5.15. The molecule has 20 heavy (non-hydrogen) atoms. The van der Waals surface area contributed by atoms with Crippen LogP contribution in [0.3, 0.4) is 0 Å². The van der Waals surface area contributed by atoms with E-state index in [2.05, 4.69) is 5.32 Å². The molecule has 0 aromatic heterocycles. The number of carbonyl (C=O) groups is 2. The van der Waals surface area contributed by atoms with Gasteiger partial charge in [-0.2, -0.15) is 0 Å². The molecule has 1 aromatic carbocycles. The Bertz CT molecular complexity index is 547. The van der Waals surface area contributed by atoms with Gasteiger partial charge in [-0.1, -0.05) is 24.3 Å². The zero-order chi connectivity index (χ0) is 15.0. The Morgan fingerprint density at radius 3 is 2.55 bits per heavy atom. The molecule has 1 amide bonds. The van der Waals surface area contributed by atoms with Crippen molar-refractivity contribution in [2.24, 2.45) is 0 Å². The van der Waals surface area contributed by atoms with Gasteiger partial charge >= 0.3 is 6.09 Å². The number of alkyl carbamates (subject to hydrolysis) is 1. The first kappa shape index (κ1) is 14.4. The fourth-order valence-corrected chi connectivity index (χ4v) is 2.48. The molecule has 1 aliphatic rings. The lowest BCUT2D eigenvalue weighted by atomic mass is 9.92. The Kier molecular flexibility index (Phi) is 3.46. The second-order valence-electron chi connectivity index (χ2n) is 5.98. The van der Waals surface area contributed by atoms with E-state index in [1.165, 1.54) is 0 Å². The third kappa shape index (κ3) is 2.61. The number of fused-ring (bicyclic) bond motifs is 1. The van der Waals surface area contributed by atoms with E-state index in [1.54, 1.807) is 32.9 Å².